The zero-order valence-electron chi connectivity index (χ0n) is 15.1. The Balaban J connectivity index is 2.19. The van der Waals surface area contributed by atoms with Gasteiger partial charge in [0.1, 0.15) is 11.7 Å². The molecule has 1 aromatic carbocycles. The SMILES string of the molecule is CCCCC(=O)C(Cc1ccc(-c2ccccc2C#N)cn1)C(=O)OC. The highest BCUT2D eigenvalue weighted by Crippen LogP contribution is 2.23. The van der Waals surface area contributed by atoms with Crippen LogP contribution < -0.4 is 0 Å². The molecule has 0 aliphatic rings. The van der Waals surface area contributed by atoms with Crippen LogP contribution >= 0.6 is 0 Å². The van der Waals surface area contributed by atoms with E-state index in [4.69, 9.17) is 4.74 Å². The van der Waals surface area contributed by atoms with Gasteiger partial charge in [0.25, 0.3) is 0 Å². The second-order valence-corrected chi connectivity index (χ2v) is 6.05. The quantitative estimate of drug-likeness (QED) is 0.535. The van der Waals surface area contributed by atoms with Gasteiger partial charge in [0, 0.05) is 35.9 Å². The van der Waals surface area contributed by atoms with Crippen molar-refractivity contribution in [2.24, 2.45) is 5.92 Å². The highest BCUT2D eigenvalue weighted by molar-refractivity contribution is 5.99. The lowest BCUT2D eigenvalue weighted by Gasteiger charge is -2.13. The van der Waals surface area contributed by atoms with Crippen LogP contribution in [0.15, 0.2) is 42.6 Å². The van der Waals surface area contributed by atoms with E-state index >= 15 is 0 Å². The average Bonchev–Trinajstić information content (AvgIpc) is 2.70. The first kappa shape index (κ1) is 19.3. The minimum absolute atomic E-state index is 0.112. The Bertz CT molecular complexity index is 807. The predicted octanol–water partition coefficient (Wildman–Crippen LogP) is 3.71. The number of carbonyl (C=O) groups excluding carboxylic acids is 2. The fourth-order valence-corrected chi connectivity index (χ4v) is 2.74. The van der Waals surface area contributed by atoms with Gasteiger partial charge >= 0.3 is 5.97 Å². The van der Waals surface area contributed by atoms with Crippen LogP contribution in [0.1, 0.15) is 37.4 Å². The third kappa shape index (κ3) is 4.76. The summed E-state index contributed by atoms with van der Waals surface area (Å²) in [7, 11) is 1.29. The highest BCUT2D eigenvalue weighted by atomic mass is 16.5. The van der Waals surface area contributed by atoms with Gasteiger partial charge in [-0.3, -0.25) is 14.6 Å². The number of pyridine rings is 1. The number of ether oxygens (including phenoxy) is 1. The molecule has 1 unspecified atom stereocenters. The minimum atomic E-state index is -0.823. The lowest BCUT2D eigenvalue weighted by Crippen LogP contribution is -2.27. The number of aromatic nitrogens is 1. The molecule has 5 nitrogen and oxygen atoms in total. The van der Waals surface area contributed by atoms with Crippen LogP contribution in [0.5, 0.6) is 0 Å². The molecule has 1 heterocycles. The lowest BCUT2D eigenvalue weighted by molar-refractivity contribution is -0.149. The molecule has 0 fully saturated rings. The number of methoxy groups -OCH3 is 1. The molecular formula is C21H22N2O3. The second-order valence-electron chi connectivity index (χ2n) is 6.05. The third-order valence-corrected chi connectivity index (χ3v) is 4.25. The molecule has 26 heavy (non-hydrogen) atoms. The number of Topliss-reactive ketones (excluding diaryl/α,β-unsaturated/α-hetero) is 1. The molecule has 1 aromatic heterocycles. The normalized spacial score (nSPS) is 11.4. The van der Waals surface area contributed by atoms with Crippen LogP contribution in [-0.4, -0.2) is 23.8 Å². The van der Waals surface area contributed by atoms with Crippen molar-refractivity contribution >= 4 is 11.8 Å². The van der Waals surface area contributed by atoms with Crippen molar-refractivity contribution in [1.29, 1.82) is 5.26 Å². The third-order valence-electron chi connectivity index (χ3n) is 4.25. The van der Waals surface area contributed by atoms with E-state index in [0.29, 0.717) is 17.7 Å². The predicted molar refractivity (Wildman–Crippen MR) is 98.1 cm³/mol. The Labute approximate surface area is 153 Å². The van der Waals surface area contributed by atoms with Crippen LogP contribution in [0.2, 0.25) is 0 Å². The summed E-state index contributed by atoms with van der Waals surface area (Å²) in [6.45, 7) is 2.00. The number of benzene rings is 1. The number of esters is 1. The van der Waals surface area contributed by atoms with Crippen molar-refractivity contribution in [3.8, 4) is 17.2 Å². The second kappa shape index (κ2) is 9.47. The highest BCUT2D eigenvalue weighted by Gasteiger charge is 2.27. The molecule has 0 aliphatic carbocycles. The molecule has 0 saturated carbocycles. The molecule has 2 aromatic rings. The summed E-state index contributed by atoms with van der Waals surface area (Å²) in [6.07, 6.45) is 3.89. The van der Waals surface area contributed by atoms with Gasteiger partial charge < -0.3 is 4.74 Å². The van der Waals surface area contributed by atoms with Crippen LogP contribution in [0, 0.1) is 17.2 Å². The number of hydrogen-bond acceptors (Lipinski definition) is 5. The van der Waals surface area contributed by atoms with E-state index in [9.17, 15) is 14.9 Å². The standard InChI is InChI=1S/C21H22N2O3/c1-3-4-9-20(24)19(21(25)26-2)12-17-11-10-16(14-23-17)18-8-6-5-7-15(18)13-22/h5-8,10-11,14,19H,3-4,9,12H2,1-2H3. The summed E-state index contributed by atoms with van der Waals surface area (Å²) in [5.41, 5.74) is 2.84. The minimum Gasteiger partial charge on any atom is -0.468 e. The molecule has 0 aliphatic heterocycles. The number of ketones is 1. The maximum Gasteiger partial charge on any atom is 0.316 e. The summed E-state index contributed by atoms with van der Waals surface area (Å²) in [5, 5.41) is 9.21. The summed E-state index contributed by atoms with van der Waals surface area (Å²) in [5.74, 6) is -1.46. The van der Waals surface area contributed by atoms with Gasteiger partial charge in [-0.05, 0) is 18.6 Å². The number of nitrogens with zero attached hydrogens (tertiary/aromatic N) is 2. The largest absolute Gasteiger partial charge is 0.468 e. The Morgan fingerprint density at radius 3 is 2.62 bits per heavy atom. The number of nitriles is 1. The van der Waals surface area contributed by atoms with Gasteiger partial charge in [-0.2, -0.15) is 5.26 Å². The molecule has 1 atom stereocenters. The molecule has 0 N–H and O–H groups in total. The average molecular weight is 350 g/mol. The van der Waals surface area contributed by atoms with Crippen LogP contribution in [0.25, 0.3) is 11.1 Å². The van der Waals surface area contributed by atoms with Crippen molar-refractivity contribution in [2.75, 3.05) is 7.11 Å². The van der Waals surface area contributed by atoms with Crippen molar-refractivity contribution in [3.63, 3.8) is 0 Å². The van der Waals surface area contributed by atoms with Gasteiger partial charge in [-0.15, -0.1) is 0 Å². The fourth-order valence-electron chi connectivity index (χ4n) is 2.74. The Kier molecular flexibility index (Phi) is 7.04. The van der Waals surface area contributed by atoms with Gasteiger partial charge in [0.15, 0.2) is 0 Å². The smallest absolute Gasteiger partial charge is 0.316 e. The van der Waals surface area contributed by atoms with E-state index in [1.807, 2.05) is 31.2 Å². The zero-order chi connectivity index (χ0) is 18.9. The topological polar surface area (TPSA) is 80.0 Å². The molecule has 0 amide bonds. The maximum absolute atomic E-state index is 12.3. The molecule has 0 spiro atoms. The van der Waals surface area contributed by atoms with Crippen molar-refractivity contribution < 1.29 is 14.3 Å². The Morgan fingerprint density at radius 2 is 2.00 bits per heavy atom. The van der Waals surface area contributed by atoms with Crippen LogP contribution in [0.3, 0.4) is 0 Å². The molecule has 0 radical (unpaired) electrons. The monoisotopic (exact) mass is 350 g/mol. The Hall–Kier alpha value is -3.00. The van der Waals surface area contributed by atoms with Crippen molar-refractivity contribution in [1.82, 2.24) is 4.98 Å². The van der Waals surface area contributed by atoms with Crippen LogP contribution in [0.4, 0.5) is 0 Å². The molecular weight excluding hydrogens is 328 g/mol. The van der Waals surface area contributed by atoms with E-state index in [0.717, 1.165) is 24.0 Å². The first-order chi connectivity index (χ1) is 12.6. The zero-order valence-corrected chi connectivity index (χ0v) is 15.1. The summed E-state index contributed by atoms with van der Waals surface area (Å²) >= 11 is 0. The lowest BCUT2D eigenvalue weighted by atomic mass is 9.94. The van der Waals surface area contributed by atoms with E-state index < -0.39 is 11.9 Å². The van der Waals surface area contributed by atoms with E-state index in [2.05, 4.69) is 11.1 Å². The van der Waals surface area contributed by atoms with Crippen molar-refractivity contribution in [3.05, 3.63) is 53.9 Å². The van der Waals surface area contributed by atoms with Gasteiger partial charge in [0.2, 0.25) is 0 Å². The van der Waals surface area contributed by atoms with Gasteiger partial charge in [-0.1, -0.05) is 37.6 Å². The Morgan fingerprint density at radius 1 is 1.23 bits per heavy atom. The van der Waals surface area contributed by atoms with Gasteiger partial charge in [-0.25, -0.2) is 0 Å². The van der Waals surface area contributed by atoms with E-state index in [1.165, 1.54) is 7.11 Å². The van der Waals surface area contributed by atoms with Gasteiger partial charge in [0.05, 0.1) is 18.7 Å². The molecule has 134 valence electrons. The molecule has 5 heteroatoms. The van der Waals surface area contributed by atoms with E-state index in [1.54, 1.807) is 18.3 Å². The van der Waals surface area contributed by atoms with Crippen molar-refractivity contribution in [2.45, 2.75) is 32.6 Å². The number of hydrogen-bond donors (Lipinski definition) is 0. The van der Waals surface area contributed by atoms with E-state index in [-0.39, 0.29) is 12.2 Å². The number of carbonyl (C=O) groups is 2. The fraction of sp³-hybridized carbons (Fsp3) is 0.333. The van der Waals surface area contributed by atoms with Crippen LogP contribution in [-0.2, 0) is 20.7 Å². The maximum atomic E-state index is 12.3. The molecule has 2 rings (SSSR count). The first-order valence-corrected chi connectivity index (χ1v) is 8.65. The first-order valence-electron chi connectivity index (χ1n) is 8.65. The molecule has 0 saturated heterocycles. The number of rotatable bonds is 8. The number of unbranched alkanes of at least 4 members (excludes halogenated alkanes) is 1. The summed E-state index contributed by atoms with van der Waals surface area (Å²) in [4.78, 5) is 28.7. The molecule has 0 bridgehead atoms. The summed E-state index contributed by atoms with van der Waals surface area (Å²) in [6, 6.07) is 13.1. The summed E-state index contributed by atoms with van der Waals surface area (Å²) < 4.78 is 4.79.